The number of rotatable bonds is 8. The van der Waals surface area contributed by atoms with Crippen molar-refractivity contribution in [2.24, 2.45) is 5.16 Å². The fraction of sp³-hybridized carbons (Fsp3) is 0.300. The average Bonchev–Trinajstić information content (AvgIpc) is 2.73. The van der Waals surface area contributed by atoms with Crippen LogP contribution in [-0.4, -0.2) is 51.8 Å². The Balaban J connectivity index is 2.99. The number of hydrogen-bond acceptors (Lipinski definition) is 10. The van der Waals surface area contributed by atoms with Crippen LogP contribution in [-0.2, 0) is 9.88 Å². The highest BCUT2D eigenvalue weighted by molar-refractivity contribution is 6.35. The number of methoxy groups -OCH3 is 1. The molecule has 0 spiro atoms. The Morgan fingerprint density at radius 3 is 2.16 bits per heavy atom. The van der Waals surface area contributed by atoms with Gasteiger partial charge in [0.1, 0.15) is 39.3 Å². The van der Waals surface area contributed by atoms with Gasteiger partial charge in [-0.3, -0.25) is 4.79 Å². The summed E-state index contributed by atoms with van der Waals surface area (Å²) in [5.74, 6) is -4.31. The molecule has 2 aromatic rings. The van der Waals surface area contributed by atoms with Crippen LogP contribution in [0.15, 0.2) is 5.16 Å². The molecule has 0 unspecified atom stereocenters. The number of halogens is 1. The number of phenolic OH excluding ortho intramolecular Hbond substituents is 5. The maximum absolute atomic E-state index is 12.7. The van der Waals surface area contributed by atoms with Gasteiger partial charge in [0.2, 0.25) is 0 Å². The molecule has 0 heterocycles. The Bertz CT molecular complexity index is 1050. The van der Waals surface area contributed by atoms with Crippen molar-refractivity contribution in [3.63, 3.8) is 0 Å². The number of hydrogen-bond donors (Lipinski definition) is 5. The molecule has 5 N–H and O–H groups in total. The zero-order valence-corrected chi connectivity index (χ0v) is 17.9. The molecule has 0 bridgehead atoms. The van der Waals surface area contributed by atoms with E-state index >= 15 is 0 Å². The van der Waals surface area contributed by atoms with Crippen LogP contribution < -0.4 is 4.74 Å². The fourth-order valence-electron chi connectivity index (χ4n) is 3.11. The minimum absolute atomic E-state index is 0.0589. The summed E-state index contributed by atoms with van der Waals surface area (Å²) in [5.41, 5.74) is -1.63. The number of ether oxygens (including phenoxy) is 1. The molecule has 0 fully saturated rings. The third-order valence-electron chi connectivity index (χ3n) is 4.54. The van der Waals surface area contributed by atoms with Gasteiger partial charge in [-0.25, -0.2) is 4.99 Å². The molecule has 0 saturated carbocycles. The van der Waals surface area contributed by atoms with Gasteiger partial charge in [0, 0.05) is 12.0 Å². The molecule has 2 rings (SSSR count). The van der Waals surface area contributed by atoms with Crippen LogP contribution in [0.2, 0.25) is 5.02 Å². The van der Waals surface area contributed by atoms with Crippen molar-refractivity contribution in [3.05, 3.63) is 21.7 Å². The van der Waals surface area contributed by atoms with E-state index < -0.39 is 56.2 Å². The molecular weight excluding hydrogens is 434 g/mol. The second kappa shape index (κ2) is 9.63. The lowest BCUT2D eigenvalue weighted by Gasteiger charge is -2.20. The number of ketones is 1. The van der Waals surface area contributed by atoms with Crippen molar-refractivity contribution in [1.29, 1.82) is 0 Å². The number of nitrogens with zero attached hydrogens (tertiary/aromatic N) is 1. The van der Waals surface area contributed by atoms with E-state index in [1.54, 1.807) is 6.92 Å². The van der Waals surface area contributed by atoms with Crippen molar-refractivity contribution in [3.8, 4) is 45.6 Å². The second-order valence-electron chi connectivity index (χ2n) is 6.40. The first-order chi connectivity index (χ1) is 14.6. The first-order valence-electron chi connectivity index (χ1n) is 8.99. The van der Waals surface area contributed by atoms with Crippen molar-refractivity contribution in [2.75, 3.05) is 14.2 Å². The molecule has 31 heavy (non-hydrogen) atoms. The van der Waals surface area contributed by atoms with E-state index in [-0.39, 0.29) is 23.3 Å². The lowest BCUT2D eigenvalue weighted by Crippen LogP contribution is -2.06. The second-order valence-corrected chi connectivity index (χ2v) is 6.78. The Kier molecular flexibility index (Phi) is 7.42. The van der Waals surface area contributed by atoms with Crippen LogP contribution in [0.4, 0.5) is 0 Å². The van der Waals surface area contributed by atoms with Gasteiger partial charge in [-0.15, -0.1) is 0 Å². The van der Waals surface area contributed by atoms with Gasteiger partial charge in [0.15, 0.2) is 11.5 Å². The lowest BCUT2D eigenvalue weighted by molar-refractivity contribution is -0.272. The number of Topliss-reactive ketones (excluding diaryl/α,β-unsaturated/α-hetero) is 1. The molecule has 0 aromatic heterocycles. The minimum atomic E-state index is -0.856. The molecular formula is C20H22ClNO9. The number of carbonyl (C=O) groups is 1. The maximum Gasteiger partial charge on any atom is 0.170 e. The molecule has 0 aliphatic heterocycles. The number of oxime groups is 1. The Labute approximate surface area is 182 Å². The largest absolute Gasteiger partial charge is 0.507 e. The Hall–Kier alpha value is -3.37. The summed E-state index contributed by atoms with van der Waals surface area (Å²) in [7, 11) is 2.43. The number of carbonyl (C=O) groups excluding carboxylic acids is 1. The fourth-order valence-corrected chi connectivity index (χ4v) is 3.30. The van der Waals surface area contributed by atoms with E-state index in [1.165, 1.54) is 14.0 Å². The number of benzene rings is 2. The highest BCUT2D eigenvalue weighted by Gasteiger charge is 2.32. The predicted molar refractivity (Wildman–Crippen MR) is 111 cm³/mol. The Morgan fingerprint density at radius 1 is 1.00 bits per heavy atom. The van der Waals surface area contributed by atoms with Gasteiger partial charge in [0.25, 0.3) is 0 Å². The first kappa shape index (κ1) is 23.9. The molecule has 0 aliphatic carbocycles. The maximum atomic E-state index is 12.7. The van der Waals surface area contributed by atoms with Crippen molar-refractivity contribution in [2.45, 2.75) is 26.7 Å². The summed E-state index contributed by atoms with van der Waals surface area (Å²) >= 11 is 5.98. The number of aromatic hydroxyl groups is 5. The average molecular weight is 456 g/mol. The van der Waals surface area contributed by atoms with E-state index in [4.69, 9.17) is 16.3 Å². The molecule has 0 radical (unpaired) electrons. The van der Waals surface area contributed by atoms with E-state index in [9.17, 15) is 30.3 Å². The SMILES string of the molecule is CCCC(=O)c1c(O)c(-c2c(O)c(Cl)c(O)c(C=NOOC)c2O)c(O)c(C)c1OC. The topological polar surface area (TPSA) is 158 Å². The normalized spacial score (nSPS) is 11.1. The van der Waals surface area contributed by atoms with Crippen LogP contribution >= 0.6 is 11.6 Å². The van der Waals surface area contributed by atoms with Crippen molar-refractivity contribution >= 4 is 23.6 Å². The summed E-state index contributed by atoms with van der Waals surface area (Å²) in [5, 5.41) is 55.8. The highest BCUT2D eigenvalue weighted by atomic mass is 35.5. The van der Waals surface area contributed by atoms with Crippen LogP contribution in [0.25, 0.3) is 11.1 Å². The summed E-state index contributed by atoms with van der Waals surface area (Å²) in [6.45, 7) is 3.19. The van der Waals surface area contributed by atoms with Crippen molar-refractivity contribution < 1.29 is 44.9 Å². The van der Waals surface area contributed by atoms with Gasteiger partial charge in [-0.2, -0.15) is 4.89 Å². The van der Waals surface area contributed by atoms with Gasteiger partial charge in [-0.1, -0.05) is 23.7 Å². The minimum Gasteiger partial charge on any atom is -0.507 e. The van der Waals surface area contributed by atoms with Gasteiger partial charge in [-0.05, 0) is 13.3 Å². The summed E-state index contributed by atoms with van der Waals surface area (Å²) < 4.78 is 5.21. The third kappa shape index (κ3) is 4.12. The molecule has 0 amide bonds. The lowest BCUT2D eigenvalue weighted by atomic mass is 9.91. The van der Waals surface area contributed by atoms with E-state index in [0.29, 0.717) is 6.42 Å². The highest BCUT2D eigenvalue weighted by Crippen LogP contribution is 2.56. The smallest absolute Gasteiger partial charge is 0.170 e. The molecule has 10 nitrogen and oxygen atoms in total. The van der Waals surface area contributed by atoms with Crippen LogP contribution in [0.3, 0.4) is 0 Å². The van der Waals surface area contributed by atoms with E-state index in [1.807, 2.05) is 0 Å². The Morgan fingerprint density at radius 2 is 1.61 bits per heavy atom. The zero-order chi connectivity index (χ0) is 23.5. The van der Waals surface area contributed by atoms with Gasteiger partial charge in [0.05, 0.1) is 37.1 Å². The molecule has 168 valence electrons. The van der Waals surface area contributed by atoms with Crippen LogP contribution in [0, 0.1) is 6.92 Å². The van der Waals surface area contributed by atoms with Gasteiger partial charge < -0.3 is 30.3 Å². The van der Waals surface area contributed by atoms with E-state index in [2.05, 4.69) is 15.0 Å². The first-order valence-corrected chi connectivity index (χ1v) is 9.37. The van der Waals surface area contributed by atoms with Gasteiger partial charge >= 0.3 is 0 Å². The summed E-state index contributed by atoms with van der Waals surface area (Å²) in [4.78, 5) is 21.3. The third-order valence-corrected chi connectivity index (χ3v) is 4.90. The molecule has 2 aromatic carbocycles. The standard InChI is InChI=1S/C20H22ClNO9/c1-5-6-10(23)11-18(27)12(15(24)8(2)20(11)29-3)13-16(25)9(7-22-31-30-4)17(26)14(21)19(13)28/h7,24-28H,5-6H2,1-4H3. The van der Waals surface area contributed by atoms with Crippen LogP contribution in [0.5, 0.6) is 34.5 Å². The molecule has 0 saturated heterocycles. The van der Waals surface area contributed by atoms with Crippen LogP contribution in [0.1, 0.15) is 41.3 Å². The molecule has 0 aliphatic rings. The monoisotopic (exact) mass is 455 g/mol. The quantitative estimate of drug-likeness (QED) is 0.173. The molecule has 0 atom stereocenters. The molecule has 11 heteroatoms. The predicted octanol–water partition coefficient (Wildman–Crippen LogP) is 3.75. The summed E-state index contributed by atoms with van der Waals surface area (Å²) in [6.07, 6.45) is 1.36. The summed E-state index contributed by atoms with van der Waals surface area (Å²) in [6, 6.07) is 0. The van der Waals surface area contributed by atoms with Crippen molar-refractivity contribution in [1.82, 2.24) is 0 Å². The zero-order valence-electron chi connectivity index (χ0n) is 17.2. The number of phenols is 5. The van der Waals surface area contributed by atoms with E-state index in [0.717, 1.165) is 13.3 Å².